The van der Waals surface area contributed by atoms with Crippen LogP contribution in [0.5, 0.6) is 0 Å². The standard InChI is InChI=1S/C32H16ClN3S2.C22H13NS.C10H4Cl2N2S/c33-32-34-30(27-21-13-5-8-16-24(21)38-31(27)35-32)36-22-14-6-3-11-19(22)25-17-9-1-2-10-18(17)26-20-12-4-7-15-23(20)37-29(26)28(25)36;1-2-8-14-13(7-1)19-15-9-3-5-11-17(15)23-21(19)22-20(14)16-10-4-6-12-18(16)24-22;11-8-7-5-3-1-2-4-6(5)15-9(7)14-10(12)13-8/h1-16H;1-12,23H;1-4H. The molecule has 18 rings (SSSR count). The zero-order valence-electron chi connectivity index (χ0n) is 40.0. The Hall–Kier alpha value is -7.77. The molecule has 0 saturated heterocycles. The number of benzene rings is 10. The minimum atomic E-state index is 0.194. The molecular formula is C64H33Cl3N6S4. The number of para-hydroxylation sites is 2. The molecule has 77 heavy (non-hydrogen) atoms. The number of hydrogen-bond acceptors (Lipinski definition) is 8. The molecule has 0 saturated carbocycles. The number of hydrogen-bond donors (Lipinski definition) is 1. The molecule has 0 bridgehead atoms. The Kier molecular flexibility index (Phi) is 10.4. The second-order valence-corrected chi connectivity index (χ2v) is 24.0. The van der Waals surface area contributed by atoms with Crippen LogP contribution in [-0.4, -0.2) is 29.5 Å². The second-order valence-electron chi connectivity index (χ2n) is 18.8. The van der Waals surface area contributed by atoms with Gasteiger partial charge in [0.2, 0.25) is 10.6 Å². The third kappa shape index (κ3) is 6.90. The summed E-state index contributed by atoms with van der Waals surface area (Å²) in [6.45, 7) is 0. The fraction of sp³-hybridized carbons (Fsp3) is 0. The molecule has 0 fully saturated rings. The smallest absolute Gasteiger partial charge is 0.225 e. The third-order valence-electron chi connectivity index (χ3n) is 14.7. The third-order valence-corrected chi connectivity index (χ3v) is 19.8. The van der Waals surface area contributed by atoms with Gasteiger partial charge in [-0.1, -0.05) is 169 Å². The summed E-state index contributed by atoms with van der Waals surface area (Å²) < 4.78 is 9.92. The first kappa shape index (κ1) is 45.4. The highest BCUT2D eigenvalue weighted by atomic mass is 35.5. The van der Waals surface area contributed by atoms with Gasteiger partial charge in [0.15, 0.2) is 5.82 Å². The molecule has 8 heterocycles. The van der Waals surface area contributed by atoms with E-state index >= 15 is 0 Å². The molecular weight excluding hydrogens is 1090 g/mol. The monoisotopic (exact) mass is 1120 g/mol. The molecule has 0 amide bonds. The van der Waals surface area contributed by atoms with Crippen LogP contribution in [0.25, 0.3) is 152 Å². The van der Waals surface area contributed by atoms with Gasteiger partial charge in [-0.2, -0.15) is 4.98 Å². The van der Waals surface area contributed by atoms with E-state index in [-0.39, 0.29) is 10.6 Å². The number of rotatable bonds is 1. The van der Waals surface area contributed by atoms with Crippen LogP contribution in [0.15, 0.2) is 194 Å². The molecule has 0 aliphatic carbocycles. The average Bonchev–Trinajstić information content (AvgIpc) is 4.37. The van der Waals surface area contributed by atoms with Crippen molar-refractivity contribution < 1.29 is 0 Å². The Morgan fingerprint density at radius 3 is 1.36 bits per heavy atom. The number of nitrogens with one attached hydrogen (secondary N) is 1. The number of aromatic nitrogens is 6. The van der Waals surface area contributed by atoms with E-state index in [4.69, 9.17) is 39.8 Å². The Morgan fingerprint density at radius 2 is 0.753 bits per heavy atom. The minimum Gasteiger partial charge on any atom is -0.353 e. The first-order valence-electron chi connectivity index (χ1n) is 24.8. The van der Waals surface area contributed by atoms with Crippen LogP contribution in [0.4, 0.5) is 0 Å². The van der Waals surface area contributed by atoms with Crippen molar-refractivity contribution in [3.63, 3.8) is 0 Å². The highest BCUT2D eigenvalue weighted by Gasteiger charge is 2.25. The van der Waals surface area contributed by atoms with Crippen molar-refractivity contribution in [2.75, 3.05) is 0 Å². The highest BCUT2D eigenvalue weighted by molar-refractivity contribution is 7.27. The number of fused-ring (bicyclic) bond motifs is 26. The summed E-state index contributed by atoms with van der Waals surface area (Å²) in [6.07, 6.45) is 0. The van der Waals surface area contributed by atoms with E-state index in [0.29, 0.717) is 5.15 Å². The van der Waals surface area contributed by atoms with Gasteiger partial charge in [0.05, 0.1) is 36.7 Å². The summed E-state index contributed by atoms with van der Waals surface area (Å²) >= 11 is 25.4. The molecule has 0 aliphatic rings. The molecule has 1 N–H and O–H groups in total. The Morgan fingerprint density at radius 1 is 0.338 bits per heavy atom. The average molecular weight is 1120 g/mol. The summed E-state index contributed by atoms with van der Waals surface area (Å²) in [6, 6.07) is 68.8. The highest BCUT2D eigenvalue weighted by Crippen LogP contribution is 2.50. The first-order chi connectivity index (χ1) is 37.9. The van der Waals surface area contributed by atoms with Crippen molar-refractivity contribution in [3.05, 3.63) is 210 Å². The van der Waals surface area contributed by atoms with E-state index in [0.717, 1.165) is 47.2 Å². The molecule has 0 aliphatic heterocycles. The second kappa shape index (κ2) is 17.6. The van der Waals surface area contributed by atoms with Crippen LogP contribution < -0.4 is 0 Å². The Labute approximate surface area is 467 Å². The molecule has 13 heteroatoms. The number of halogens is 3. The number of aromatic amines is 1. The van der Waals surface area contributed by atoms with E-state index in [1.165, 1.54) is 105 Å². The normalized spacial score (nSPS) is 12.1. The molecule has 6 nitrogen and oxygen atoms in total. The first-order valence-corrected chi connectivity index (χ1v) is 29.2. The van der Waals surface area contributed by atoms with Gasteiger partial charge in [-0.05, 0) is 81.1 Å². The number of H-pyrrole nitrogens is 1. The van der Waals surface area contributed by atoms with Gasteiger partial charge < -0.3 is 4.98 Å². The lowest BCUT2D eigenvalue weighted by atomic mass is 9.99. The molecule has 0 atom stereocenters. The maximum atomic E-state index is 6.62. The van der Waals surface area contributed by atoms with Gasteiger partial charge in [-0.15, -0.1) is 45.3 Å². The summed E-state index contributed by atoms with van der Waals surface area (Å²) in [5.41, 5.74) is 4.77. The SMILES string of the molecule is Clc1nc(-n2c3ccccc3c3c4ccccc4c4c5ccccc5sc4c32)c2c(n1)sc1ccccc12.Clc1nc(Cl)c2c(n1)sc1ccccc12.c1ccc2c(c1)[nH]c1c3sc4ccccc4c3c3ccccc3c21. The fourth-order valence-electron chi connectivity index (χ4n) is 11.6. The summed E-state index contributed by atoms with van der Waals surface area (Å²) in [5, 5.41) is 20.7. The van der Waals surface area contributed by atoms with Crippen molar-refractivity contribution in [2.24, 2.45) is 0 Å². The Bertz CT molecular complexity index is 5390. The quantitative estimate of drug-likeness (QED) is 0.131. The van der Waals surface area contributed by atoms with Gasteiger partial charge in [0.25, 0.3) is 0 Å². The van der Waals surface area contributed by atoms with E-state index in [1.54, 1.807) is 22.7 Å². The predicted octanol–water partition coefficient (Wildman–Crippen LogP) is 21.1. The Balaban J connectivity index is 0.000000108. The van der Waals surface area contributed by atoms with Gasteiger partial charge in [0.1, 0.15) is 14.8 Å². The summed E-state index contributed by atoms with van der Waals surface area (Å²) in [5.74, 6) is 0.831. The summed E-state index contributed by atoms with van der Waals surface area (Å²) in [4.78, 5) is 23.1. The maximum absolute atomic E-state index is 6.62. The predicted molar refractivity (Wildman–Crippen MR) is 336 cm³/mol. The molecule has 364 valence electrons. The van der Waals surface area contributed by atoms with Crippen LogP contribution in [-0.2, 0) is 0 Å². The maximum Gasteiger partial charge on any atom is 0.225 e. The topological polar surface area (TPSA) is 72.3 Å². The largest absolute Gasteiger partial charge is 0.353 e. The van der Waals surface area contributed by atoms with Crippen molar-refractivity contribution in [1.29, 1.82) is 0 Å². The zero-order chi connectivity index (χ0) is 51.0. The van der Waals surface area contributed by atoms with Crippen LogP contribution in [0.3, 0.4) is 0 Å². The minimum absolute atomic E-state index is 0.194. The molecule has 8 aromatic heterocycles. The van der Waals surface area contributed by atoms with Gasteiger partial charge in [-0.25, -0.2) is 15.0 Å². The van der Waals surface area contributed by atoms with Crippen molar-refractivity contribution in [1.82, 2.24) is 29.5 Å². The zero-order valence-corrected chi connectivity index (χ0v) is 45.5. The van der Waals surface area contributed by atoms with Gasteiger partial charge in [-0.3, -0.25) is 4.57 Å². The molecule has 10 aromatic carbocycles. The lowest BCUT2D eigenvalue weighted by Crippen LogP contribution is -2.00. The molecule has 18 aromatic rings. The van der Waals surface area contributed by atoms with Gasteiger partial charge in [0, 0.05) is 78.2 Å². The van der Waals surface area contributed by atoms with E-state index in [1.807, 2.05) is 46.9 Å². The van der Waals surface area contributed by atoms with Gasteiger partial charge >= 0.3 is 0 Å². The molecule has 0 unspecified atom stereocenters. The van der Waals surface area contributed by atoms with Crippen LogP contribution in [0, 0.1) is 0 Å². The van der Waals surface area contributed by atoms with Crippen molar-refractivity contribution in [3.8, 4) is 5.82 Å². The number of nitrogens with zero attached hydrogens (tertiary/aromatic N) is 5. The lowest BCUT2D eigenvalue weighted by molar-refractivity contribution is 1.08. The number of thiophene rings is 4. The fourth-order valence-corrected chi connectivity index (χ4v) is 17.1. The van der Waals surface area contributed by atoms with Crippen LogP contribution >= 0.6 is 80.1 Å². The van der Waals surface area contributed by atoms with E-state index in [9.17, 15) is 0 Å². The summed E-state index contributed by atoms with van der Waals surface area (Å²) in [7, 11) is 0. The molecule has 0 radical (unpaired) electrons. The van der Waals surface area contributed by atoms with Crippen LogP contribution in [0.2, 0.25) is 15.7 Å². The van der Waals surface area contributed by atoms with Crippen molar-refractivity contribution in [2.45, 2.75) is 0 Å². The molecule has 0 spiro atoms. The lowest BCUT2D eigenvalue weighted by Gasteiger charge is -2.11. The van der Waals surface area contributed by atoms with Crippen LogP contribution in [0.1, 0.15) is 0 Å². The van der Waals surface area contributed by atoms with E-state index < -0.39 is 0 Å². The van der Waals surface area contributed by atoms with E-state index in [2.05, 4.69) is 194 Å². The van der Waals surface area contributed by atoms with Crippen molar-refractivity contribution >= 4 is 226 Å².